The molecule has 0 radical (unpaired) electrons. The van der Waals surface area contributed by atoms with Crippen molar-refractivity contribution in [2.75, 3.05) is 6.54 Å². The first-order valence-corrected chi connectivity index (χ1v) is 13.6. The Morgan fingerprint density at radius 3 is 2.72 bits per heavy atom. The molecule has 1 aliphatic rings. The van der Waals surface area contributed by atoms with E-state index in [1.54, 1.807) is 12.1 Å². The van der Waals surface area contributed by atoms with Gasteiger partial charge in [0.2, 0.25) is 0 Å². The van der Waals surface area contributed by atoms with E-state index in [2.05, 4.69) is 19.1 Å². The van der Waals surface area contributed by atoms with Crippen molar-refractivity contribution in [3.05, 3.63) is 46.5 Å². The number of nitro groups is 1. The molecule has 0 bridgehead atoms. The van der Waals surface area contributed by atoms with Gasteiger partial charge in [0.15, 0.2) is 0 Å². The second-order valence-corrected chi connectivity index (χ2v) is 12.0. The van der Waals surface area contributed by atoms with Crippen LogP contribution < -0.4 is 4.46 Å². The number of carbonyl (C=O) groups excluding carboxylic acids is 1. The molecule has 0 saturated carbocycles. The van der Waals surface area contributed by atoms with Crippen molar-refractivity contribution >= 4 is 31.2 Å². The molecule has 1 heterocycles. The van der Waals surface area contributed by atoms with Crippen molar-refractivity contribution in [2.45, 2.75) is 95.5 Å². The topological polar surface area (TPSA) is 72.7 Å². The van der Waals surface area contributed by atoms with Crippen LogP contribution in [0.5, 0.6) is 0 Å². The summed E-state index contributed by atoms with van der Waals surface area (Å²) in [6.07, 6.45) is 12.8. The van der Waals surface area contributed by atoms with Gasteiger partial charge in [0.25, 0.3) is 0 Å². The van der Waals surface area contributed by atoms with Gasteiger partial charge in [0.05, 0.1) is 0 Å². The minimum absolute atomic E-state index is 0.0262. The number of likely N-dealkylation sites (tertiary alicyclic amines) is 1. The molecule has 7 heteroatoms. The molecule has 1 saturated heterocycles. The standard InChI is InChI=1S/C25H38N2O4Se/c1-5-6-7-8-14-21(32-23-16-10-9-15-22(23)27(29)30)18-17-20-13-11-12-19-26(20)24(28)31-25(2,3)4/h9-10,15-18,20-21H,5-8,11-14,19H2,1-4H3/b18-17+. The number of nitro benzene ring substituents is 1. The molecule has 0 N–H and O–H groups in total. The van der Waals surface area contributed by atoms with Crippen molar-refractivity contribution < 1.29 is 14.5 Å². The van der Waals surface area contributed by atoms with E-state index in [1.807, 2.05) is 37.8 Å². The number of hydrogen-bond donors (Lipinski definition) is 0. The molecule has 1 aromatic rings. The monoisotopic (exact) mass is 510 g/mol. The van der Waals surface area contributed by atoms with Crippen LogP contribution in [-0.2, 0) is 4.74 Å². The van der Waals surface area contributed by atoms with Crippen LogP contribution in [0.4, 0.5) is 10.5 Å². The number of para-hydroxylation sites is 1. The zero-order valence-electron chi connectivity index (χ0n) is 19.9. The van der Waals surface area contributed by atoms with E-state index >= 15 is 0 Å². The minimum atomic E-state index is -0.514. The van der Waals surface area contributed by atoms with E-state index in [-0.39, 0.29) is 42.5 Å². The normalized spacial score (nSPS) is 18.0. The molecule has 1 aliphatic heterocycles. The molecule has 32 heavy (non-hydrogen) atoms. The summed E-state index contributed by atoms with van der Waals surface area (Å²) >= 11 is -0.0439. The second kappa shape index (κ2) is 13.0. The fourth-order valence-corrected chi connectivity index (χ4v) is 6.31. The molecule has 0 spiro atoms. The summed E-state index contributed by atoms with van der Waals surface area (Å²) in [6.45, 7) is 8.58. The number of hydrogen-bond acceptors (Lipinski definition) is 4. The third kappa shape index (κ3) is 8.95. The second-order valence-electron chi connectivity index (χ2n) is 9.35. The third-order valence-corrected chi connectivity index (χ3v) is 8.12. The van der Waals surface area contributed by atoms with Crippen molar-refractivity contribution in [3.63, 3.8) is 0 Å². The zero-order valence-corrected chi connectivity index (χ0v) is 21.6. The molecule has 2 rings (SSSR count). The number of amides is 1. The fraction of sp³-hybridized carbons (Fsp3) is 0.640. The molecule has 0 aliphatic carbocycles. The van der Waals surface area contributed by atoms with Gasteiger partial charge in [-0.2, -0.15) is 0 Å². The predicted molar refractivity (Wildman–Crippen MR) is 131 cm³/mol. The van der Waals surface area contributed by atoms with Crippen molar-refractivity contribution in [1.82, 2.24) is 4.90 Å². The van der Waals surface area contributed by atoms with Gasteiger partial charge in [-0.05, 0) is 0 Å². The van der Waals surface area contributed by atoms with Crippen LogP contribution in [0.2, 0.25) is 4.82 Å². The number of carbonyl (C=O) groups is 1. The number of benzene rings is 1. The van der Waals surface area contributed by atoms with Crippen LogP contribution in [-0.4, -0.2) is 49.1 Å². The van der Waals surface area contributed by atoms with Gasteiger partial charge >= 0.3 is 199 Å². The van der Waals surface area contributed by atoms with Gasteiger partial charge in [0.1, 0.15) is 0 Å². The van der Waals surface area contributed by atoms with Gasteiger partial charge in [-0.1, -0.05) is 0 Å². The average Bonchev–Trinajstić information content (AvgIpc) is 2.74. The van der Waals surface area contributed by atoms with Crippen LogP contribution in [0.25, 0.3) is 0 Å². The summed E-state index contributed by atoms with van der Waals surface area (Å²) in [5.41, 5.74) is -0.299. The third-order valence-electron chi connectivity index (χ3n) is 5.41. The Kier molecular flexibility index (Phi) is 10.7. The molecule has 1 amide bonds. The zero-order chi connectivity index (χ0) is 23.6. The maximum absolute atomic E-state index is 12.7. The molecule has 178 valence electrons. The molecular formula is C25H38N2O4Se. The molecule has 2 unspecified atom stereocenters. The van der Waals surface area contributed by atoms with Crippen molar-refractivity contribution in [3.8, 4) is 0 Å². The summed E-state index contributed by atoms with van der Waals surface area (Å²) in [6, 6.07) is 7.12. The van der Waals surface area contributed by atoms with Crippen LogP contribution in [0.1, 0.15) is 79.1 Å². The summed E-state index contributed by atoms with van der Waals surface area (Å²) in [7, 11) is 0. The first-order valence-electron chi connectivity index (χ1n) is 11.8. The van der Waals surface area contributed by atoms with Crippen LogP contribution in [0, 0.1) is 10.1 Å². The number of piperidine rings is 1. The Hall–Kier alpha value is -1.85. The maximum atomic E-state index is 12.7. The predicted octanol–water partition coefficient (Wildman–Crippen LogP) is 6.03. The summed E-state index contributed by atoms with van der Waals surface area (Å²) < 4.78 is 6.46. The SMILES string of the molecule is CCCCCCC(/C=C/C1CCCCN1C(=O)OC(C)(C)C)[Se]c1ccccc1[N+](=O)[O-]. The Morgan fingerprint density at radius 2 is 2.03 bits per heavy atom. The van der Waals surface area contributed by atoms with E-state index in [1.165, 1.54) is 19.3 Å². The number of unbranched alkanes of at least 4 members (excludes halogenated alkanes) is 3. The first-order chi connectivity index (χ1) is 15.2. The summed E-state index contributed by atoms with van der Waals surface area (Å²) in [5.74, 6) is 0. The molecule has 6 nitrogen and oxygen atoms in total. The molecule has 2 atom stereocenters. The van der Waals surface area contributed by atoms with Crippen LogP contribution in [0.15, 0.2) is 36.4 Å². The number of allylic oxidation sites excluding steroid dienone is 1. The van der Waals surface area contributed by atoms with Crippen molar-refractivity contribution in [1.29, 1.82) is 0 Å². The van der Waals surface area contributed by atoms with E-state index in [0.717, 1.165) is 36.6 Å². The van der Waals surface area contributed by atoms with Gasteiger partial charge in [-0.25, -0.2) is 0 Å². The van der Waals surface area contributed by atoms with Gasteiger partial charge in [-0.15, -0.1) is 0 Å². The average molecular weight is 510 g/mol. The van der Waals surface area contributed by atoms with Crippen LogP contribution >= 0.6 is 0 Å². The Morgan fingerprint density at radius 1 is 1.28 bits per heavy atom. The van der Waals surface area contributed by atoms with Gasteiger partial charge in [0, 0.05) is 0 Å². The van der Waals surface area contributed by atoms with E-state index in [4.69, 9.17) is 4.74 Å². The van der Waals surface area contributed by atoms with E-state index in [0.29, 0.717) is 6.54 Å². The fourth-order valence-electron chi connectivity index (χ4n) is 3.79. The first kappa shape index (κ1) is 26.4. The Bertz CT molecular complexity index is 775. The number of nitrogens with zero attached hydrogens (tertiary/aromatic N) is 2. The quantitative estimate of drug-likeness (QED) is 0.127. The van der Waals surface area contributed by atoms with E-state index < -0.39 is 5.60 Å². The van der Waals surface area contributed by atoms with Gasteiger partial charge < -0.3 is 0 Å². The summed E-state index contributed by atoms with van der Waals surface area (Å²) in [4.78, 5) is 26.0. The number of ether oxygens (including phenoxy) is 1. The Balaban J connectivity index is 2.15. The summed E-state index contributed by atoms with van der Waals surface area (Å²) in [5, 5.41) is 11.5. The molecule has 0 aromatic heterocycles. The van der Waals surface area contributed by atoms with Crippen molar-refractivity contribution in [2.24, 2.45) is 0 Å². The molecule has 1 aromatic carbocycles. The molecular weight excluding hydrogens is 471 g/mol. The van der Waals surface area contributed by atoms with Gasteiger partial charge in [-0.3, -0.25) is 0 Å². The van der Waals surface area contributed by atoms with Crippen LogP contribution in [0.3, 0.4) is 0 Å². The number of rotatable bonds is 10. The molecule has 1 fully saturated rings. The van der Waals surface area contributed by atoms with E-state index in [9.17, 15) is 14.9 Å². The Labute approximate surface area is 199 Å².